The van der Waals surface area contributed by atoms with Crippen molar-refractivity contribution < 1.29 is 4.74 Å². The number of likely N-dealkylation sites (N-methyl/N-ethyl adjacent to an activating group) is 1. The molecular formula is C13H21N3O. The number of nitrogens with one attached hydrogen (secondary N) is 1. The van der Waals surface area contributed by atoms with Crippen LogP contribution < -0.4 is 10.1 Å². The average Bonchev–Trinajstić information content (AvgIpc) is 2.74. The van der Waals surface area contributed by atoms with Crippen LogP contribution in [0.1, 0.15) is 18.5 Å². The second-order valence-electron chi connectivity index (χ2n) is 4.64. The second-order valence-corrected chi connectivity index (χ2v) is 4.64. The Kier molecular flexibility index (Phi) is 3.84. The number of nitrogens with zero attached hydrogens (tertiary/aromatic N) is 2. The smallest absolute Gasteiger partial charge is 0.139 e. The van der Waals surface area contributed by atoms with E-state index in [-0.39, 0.29) is 0 Å². The van der Waals surface area contributed by atoms with Gasteiger partial charge >= 0.3 is 0 Å². The lowest BCUT2D eigenvalue weighted by Gasteiger charge is -2.19. The highest BCUT2D eigenvalue weighted by Gasteiger charge is 2.21. The minimum atomic E-state index is 0.550. The average molecular weight is 235 g/mol. The van der Waals surface area contributed by atoms with Crippen LogP contribution in [0.15, 0.2) is 12.3 Å². The Morgan fingerprint density at radius 3 is 3.06 bits per heavy atom. The summed E-state index contributed by atoms with van der Waals surface area (Å²) in [5.74, 6) is 0.847. The molecule has 1 aliphatic heterocycles. The van der Waals surface area contributed by atoms with Gasteiger partial charge in [-0.2, -0.15) is 0 Å². The lowest BCUT2D eigenvalue weighted by Crippen LogP contribution is -2.30. The summed E-state index contributed by atoms with van der Waals surface area (Å²) in [4.78, 5) is 6.67. The summed E-state index contributed by atoms with van der Waals surface area (Å²) in [6.07, 6.45) is 4.30. The molecule has 4 heteroatoms. The van der Waals surface area contributed by atoms with E-state index in [0.717, 1.165) is 23.7 Å². The van der Waals surface area contributed by atoms with E-state index in [0.29, 0.717) is 6.04 Å². The van der Waals surface area contributed by atoms with Crippen LogP contribution >= 0.6 is 0 Å². The Balaban J connectivity index is 1.94. The molecule has 0 unspecified atom stereocenters. The molecule has 94 valence electrons. The van der Waals surface area contributed by atoms with Crippen LogP contribution in [0.2, 0.25) is 0 Å². The molecule has 4 nitrogen and oxygen atoms in total. The molecule has 1 aliphatic rings. The molecule has 1 fully saturated rings. The van der Waals surface area contributed by atoms with E-state index < -0.39 is 0 Å². The van der Waals surface area contributed by atoms with E-state index in [1.807, 2.05) is 20.0 Å². The van der Waals surface area contributed by atoms with Crippen molar-refractivity contribution in [3.8, 4) is 5.75 Å². The van der Waals surface area contributed by atoms with E-state index in [2.05, 4.69) is 22.2 Å². The lowest BCUT2D eigenvalue weighted by atomic mass is 10.2. The van der Waals surface area contributed by atoms with Crippen molar-refractivity contribution in [1.29, 1.82) is 0 Å². The molecule has 0 spiro atoms. The van der Waals surface area contributed by atoms with Gasteiger partial charge in [0.2, 0.25) is 0 Å². The van der Waals surface area contributed by atoms with Crippen molar-refractivity contribution >= 4 is 5.69 Å². The highest BCUT2D eigenvalue weighted by molar-refractivity contribution is 5.50. The standard InChI is InChI=1S/C13H21N3O/c1-10-13(14-2)7-12(8-15-10)17-9-11-5-4-6-16(11)3/h7-8,11,14H,4-6,9H2,1-3H3/t11-/m0/s1. The first-order valence-electron chi connectivity index (χ1n) is 6.18. The van der Waals surface area contributed by atoms with Crippen molar-refractivity contribution in [2.24, 2.45) is 0 Å². The maximum absolute atomic E-state index is 5.81. The lowest BCUT2D eigenvalue weighted by molar-refractivity contribution is 0.198. The van der Waals surface area contributed by atoms with Crippen LogP contribution in [-0.2, 0) is 0 Å². The minimum absolute atomic E-state index is 0.550. The number of aromatic nitrogens is 1. The molecule has 0 saturated carbocycles. The van der Waals surface area contributed by atoms with Crippen molar-refractivity contribution in [1.82, 2.24) is 9.88 Å². The molecule has 0 amide bonds. The van der Waals surface area contributed by atoms with Crippen molar-refractivity contribution in [3.05, 3.63) is 18.0 Å². The van der Waals surface area contributed by atoms with Gasteiger partial charge in [0.1, 0.15) is 12.4 Å². The van der Waals surface area contributed by atoms with Gasteiger partial charge in [-0.1, -0.05) is 0 Å². The van der Waals surface area contributed by atoms with Gasteiger partial charge < -0.3 is 15.0 Å². The third kappa shape index (κ3) is 2.88. The largest absolute Gasteiger partial charge is 0.490 e. The summed E-state index contributed by atoms with van der Waals surface area (Å²) in [5.41, 5.74) is 2.03. The van der Waals surface area contributed by atoms with E-state index in [9.17, 15) is 0 Å². The van der Waals surface area contributed by atoms with Gasteiger partial charge in [0.25, 0.3) is 0 Å². The van der Waals surface area contributed by atoms with Crippen LogP contribution in [0.5, 0.6) is 5.75 Å². The van der Waals surface area contributed by atoms with E-state index in [1.165, 1.54) is 19.4 Å². The molecular weight excluding hydrogens is 214 g/mol. The van der Waals surface area contributed by atoms with Gasteiger partial charge in [-0.15, -0.1) is 0 Å². The molecule has 1 atom stereocenters. The van der Waals surface area contributed by atoms with Gasteiger partial charge in [-0.05, 0) is 33.4 Å². The SMILES string of the molecule is CNc1cc(OC[C@@H]2CCCN2C)cnc1C. The fourth-order valence-corrected chi connectivity index (χ4v) is 2.23. The fourth-order valence-electron chi connectivity index (χ4n) is 2.23. The van der Waals surface area contributed by atoms with Gasteiger partial charge in [0, 0.05) is 19.2 Å². The number of rotatable bonds is 4. The van der Waals surface area contributed by atoms with Crippen molar-refractivity contribution in [2.45, 2.75) is 25.8 Å². The fraction of sp³-hybridized carbons (Fsp3) is 0.615. The number of ether oxygens (including phenoxy) is 1. The summed E-state index contributed by atoms with van der Waals surface area (Å²) in [7, 11) is 4.06. The summed E-state index contributed by atoms with van der Waals surface area (Å²) < 4.78 is 5.81. The van der Waals surface area contributed by atoms with Crippen molar-refractivity contribution in [2.75, 3.05) is 32.6 Å². The first-order valence-corrected chi connectivity index (χ1v) is 6.18. The Bertz CT molecular complexity index is 381. The zero-order chi connectivity index (χ0) is 12.3. The van der Waals surface area contributed by atoms with E-state index in [4.69, 9.17) is 4.74 Å². The Labute approximate surface area is 103 Å². The van der Waals surface area contributed by atoms with Crippen LogP contribution in [0.25, 0.3) is 0 Å². The molecule has 0 bridgehead atoms. The van der Waals surface area contributed by atoms with E-state index in [1.54, 1.807) is 6.20 Å². The van der Waals surface area contributed by atoms with Crippen LogP contribution in [0.4, 0.5) is 5.69 Å². The molecule has 0 aromatic carbocycles. The second kappa shape index (κ2) is 5.36. The van der Waals surface area contributed by atoms with Crippen LogP contribution in [0.3, 0.4) is 0 Å². The number of pyridine rings is 1. The highest BCUT2D eigenvalue weighted by atomic mass is 16.5. The summed E-state index contributed by atoms with van der Waals surface area (Å²) in [6, 6.07) is 2.56. The summed E-state index contributed by atoms with van der Waals surface area (Å²) >= 11 is 0. The third-order valence-electron chi connectivity index (χ3n) is 3.45. The normalized spacial score (nSPS) is 20.5. The van der Waals surface area contributed by atoms with Gasteiger partial charge in [0.15, 0.2) is 0 Å². The molecule has 2 heterocycles. The maximum Gasteiger partial charge on any atom is 0.139 e. The topological polar surface area (TPSA) is 37.4 Å². The number of hydrogen-bond acceptors (Lipinski definition) is 4. The number of aryl methyl sites for hydroxylation is 1. The van der Waals surface area contributed by atoms with Gasteiger partial charge in [-0.25, -0.2) is 0 Å². The highest BCUT2D eigenvalue weighted by Crippen LogP contribution is 2.21. The summed E-state index contributed by atoms with van der Waals surface area (Å²) in [5, 5.41) is 3.12. The number of anilines is 1. The number of likely N-dealkylation sites (tertiary alicyclic amines) is 1. The zero-order valence-corrected chi connectivity index (χ0v) is 10.9. The first kappa shape index (κ1) is 12.2. The van der Waals surface area contributed by atoms with E-state index >= 15 is 0 Å². The quantitative estimate of drug-likeness (QED) is 0.865. The Morgan fingerprint density at radius 1 is 1.59 bits per heavy atom. The molecule has 0 aliphatic carbocycles. The summed E-state index contributed by atoms with van der Waals surface area (Å²) in [6.45, 7) is 3.92. The molecule has 1 aromatic heterocycles. The Morgan fingerprint density at radius 2 is 2.41 bits per heavy atom. The predicted octanol–water partition coefficient (Wildman–Crippen LogP) is 1.90. The predicted molar refractivity (Wildman–Crippen MR) is 69.7 cm³/mol. The molecule has 1 aromatic rings. The van der Waals surface area contributed by atoms with Crippen LogP contribution in [0, 0.1) is 6.92 Å². The molecule has 17 heavy (non-hydrogen) atoms. The zero-order valence-electron chi connectivity index (χ0n) is 10.9. The first-order chi connectivity index (χ1) is 8.20. The Hall–Kier alpha value is -1.29. The molecule has 1 N–H and O–H groups in total. The van der Waals surface area contributed by atoms with Gasteiger partial charge in [0.05, 0.1) is 17.6 Å². The monoisotopic (exact) mass is 235 g/mol. The van der Waals surface area contributed by atoms with Crippen molar-refractivity contribution in [3.63, 3.8) is 0 Å². The molecule has 2 rings (SSSR count). The molecule has 0 radical (unpaired) electrons. The number of hydrogen-bond donors (Lipinski definition) is 1. The van der Waals surface area contributed by atoms with Gasteiger partial charge in [-0.3, -0.25) is 4.98 Å². The van der Waals surface area contributed by atoms with Crippen LogP contribution in [-0.4, -0.2) is 43.2 Å². The third-order valence-corrected chi connectivity index (χ3v) is 3.45. The minimum Gasteiger partial charge on any atom is -0.490 e. The maximum atomic E-state index is 5.81. The molecule has 1 saturated heterocycles.